The van der Waals surface area contributed by atoms with Gasteiger partial charge in [0.25, 0.3) is 0 Å². The monoisotopic (exact) mass is 333 g/mol. The Hall–Kier alpha value is -1.26. The topological polar surface area (TPSA) is 39.7 Å². The van der Waals surface area contributed by atoms with Crippen molar-refractivity contribution in [2.75, 3.05) is 26.5 Å². The van der Waals surface area contributed by atoms with Crippen molar-refractivity contribution in [1.82, 2.24) is 5.32 Å². The summed E-state index contributed by atoms with van der Waals surface area (Å²) in [5.74, 6) is 3.08. The molecule has 1 fully saturated rings. The molecule has 0 amide bonds. The van der Waals surface area contributed by atoms with Gasteiger partial charge in [0, 0.05) is 13.2 Å². The molecule has 0 bridgehead atoms. The van der Waals surface area contributed by atoms with Gasteiger partial charge in [0.15, 0.2) is 11.5 Å². The molecular weight excluding hydrogens is 302 g/mol. The summed E-state index contributed by atoms with van der Waals surface area (Å²) in [7, 11) is 0. The summed E-state index contributed by atoms with van der Waals surface area (Å²) >= 11 is 0. The first-order chi connectivity index (χ1) is 11.7. The average Bonchev–Trinajstić information content (AvgIpc) is 3.24. The summed E-state index contributed by atoms with van der Waals surface area (Å²) in [6, 6.07) is 6.44. The standard InChI is InChI=1S/C20H31NO3/c1-15(2)5-6-16(9-10-21-13-18-4-3-11-22-18)17-7-8-19-20(12-17)24-14-23-19/h7-8,12,15-16,18,21H,3-6,9-11,13-14H2,1-2H3/t16-,18+/m1/s1. The summed E-state index contributed by atoms with van der Waals surface area (Å²) < 4.78 is 16.7. The van der Waals surface area contributed by atoms with Crippen LogP contribution in [0.15, 0.2) is 18.2 Å². The molecule has 0 saturated carbocycles. The van der Waals surface area contributed by atoms with E-state index in [1.165, 1.54) is 31.2 Å². The Morgan fingerprint density at radius 1 is 1.12 bits per heavy atom. The molecule has 3 rings (SSSR count). The third-order valence-corrected chi connectivity index (χ3v) is 5.03. The molecule has 0 aromatic heterocycles. The average molecular weight is 333 g/mol. The summed E-state index contributed by atoms with van der Waals surface area (Å²) in [6.45, 7) is 7.90. The first-order valence-electron chi connectivity index (χ1n) is 9.44. The molecule has 1 saturated heterocycles. The van der Waals surface area contributed by atoms with Crippen LogP contribution in [0.1, 0.15) is 57.4 Å². The Kier molecular flexibility index (Phi) is 6.38. The van der Waals surface area contributed by atoms with Gasteiger partial charge in [-0.1, -0.05) is 26.3 Å². The van der Waals surface area contributed by atoms with Gasteiger partial charge in [-0.05, 0) is 61.8 Å². The van der Waals surface area contributed by atoms with Gasteiger partial charge in [0.2, 0.25) is 6.79 Å². The fraction of sp³-hybridized carbons (Fsp3) is 0.700. The third-order valence-electron chi connectivity index (χ3n) is 5.03. The number of ether oxygens (including phenoxy) is 3. The van der Waals surface area contributed by atoms with Crippen LogP contribution in [0.3, 0.4) is 0 Å². The lowest BCUT2D eigenvalue weighted by molar-refractivity contribution is 0.110. The maximum atomic E-state index is 5.68. The van der Waals surface area contributed by atoms with Gasteiger partial charge in [-0.3, -0.25) is 0 Å². The first-order valence-corrected chi connectivity index (χ1v) is 9.44. The van der Waals surface area contributed by atoms with Gasteiger partial charge >= 0.3 is 0 Å². The van der Waals surface area contributed by atoms with E-state index < -0.39 is 0 Å². The molecule has 0 aliphatic carbocycles. The van der Waals surface area contributed by atoms with Crippen molar-refractivity contribution in [1.29, 1.82) is 0 Å². The Morgan fingerprint density at radius 3 is 2.79 bits per heavy atom. The lowest BCUT2D eigenvalue weighted by Crippen LogP contribution is -2.27. The number of nitrogens with one attached hydrogen (secondary N) is 1. The second kappa shape index (κ2) is 8.72. The molecule has 1 N–H and O–H groups in total. The van der Waals surface area contributed by atoms with E-state index in [1.54, 1.807) is 0 Å². The van der Waals surface area contributed by atoms with Crippen LogP contribution in [0, 0.1) is 5.92 Å². The van der Waals surface area contributed by atoms with E-state index in [4.69, 9.17) is 14.2 Å². The van der Waals surface area contributed by atoms with Crippen LogP contribution < -0.4 is 14.8 Å². The lowest BCUT2D eigenvalue weighted by Gasteiger charge is -2.20. The fourth-order valence-corrected chi connectivity index (χ4v) is 3.52. The minimum Gasteiger partial charge on any atom is -0.454 e. The summed E-state index contributed by atoms with van der Waals surface area (Å²) in [4.78, 5) is 0. The van der Waals surface area contributed by atoms with Crippen LogP contribution in [0.5, 0.6) is 11.5 Å². The molecule has 4 nitrogen and oxygen atoms in total. The largest absolute Gasteiger partial charge is 0.454 e. The minimum absolute atomic E-state index is 0.346. The van der Waals surface area contributed by atoms with Crippen LogP contribution in [0.4, 0.5) is 0 Å². The maximum absolute atomic E-state index is 5.68. The smallest absolute Gasteiger partial charge is 0.231 e. The van der Waals surface area contributed by atoms with Crippen LogP contribution in [-0.4, -0.2) is 32.6 Å². The maximum Gasteiger partial charge on any atom is 0.231 e. The van der Waals surface area contributed by atoms with Crippen LogP contribution in [0.25, 0.3) is 0 Å². The number of hydrogen-bond donors (Lipinski definition) is 1. The highest BCUT2D eigenvalue weighted by atomic mass is 16.7. The highest BCUT2D eigenvalue weighted by Gasteiger charge is 2.19. The molecule has 4 heteroatoms. The van der Waals surface area contributed by atoms with Crippen molar-refractivity contribution >= 4 is 0 Å². The normalized spacial score (nSPS) is 20.7. The van der Waals surface area contributed by atoms with E-state index in [1.807, 2.05) is 0 Å². The van der Waals surface area contributed by atoms with E-state index in [2.05, 4.69) is 37.4 Å². The predicted molar refractivity (Wildman–Crippen MR) is 95.8 cm³/mol. The van der Waals surface area contributed by atoms with E-state index in [0.717, 1.165) is 43.5 Å². The van der Waals surface area contributed by atoms with Crippen LogP contribution in [0.2, 0.25) is 0 Å². The molecule has 2 aliphatic rings. The van der Waals surface area contributed by atoms with Gasteiger partial charge in [-0.15, -0.1) is 0 Å². The molecule has 134 valence electrons. The van der Waals surface area contributed by atoms with Crippen molar-refractivity contribution in [2.24, 2.45) is 5.92 Å². The second-order valence-corrected chi connectivity index (χ2v) is 7.41. The van der Waals surface area contributed by atoms with E-state index in [9.17, 15) is 0 Å². The SMILES string of the molecule is CC(C)CC[C@H](CCNC[C@@H]1CCCO1)c1ccc2c(c1)OCO2. The highest BCUT2D eigenvalue weighted by Crippen LogP contribution is 2.37. The summed E-state index contributed by atoms with van der Waals surface area (Å²) in [6.07, 6.45) is 6.46. The van der Waals surface area contributed by atoms with Gasteiger partial charge < -0.3 is 19.5 Å². The number of rotatable bonds is 9. The molecule has 2 atom stereocenters. The van der Waals surface area contributed by atoms with Gasteiger partial charge in [0.1, 0.15) is 0 Å². The van der Waals surface area contributed by atoms with Crippen molar-refractivity contribution in [3.8, 4) is 11.5 Å². The Morgan fingerprint density at radius 2 is 2.00 bits per heavy atom. The molecule has 1 aromatic carbocycles. The van der Waals surface area contributed by atoms with Crippen LogP contribution in [-0.2, 0) is 4.74 Å². The van der Waals surface area contributed by atoms with Crippen molar-refractivity contribution in [3.63, 3.8) is 0 Å². The van der Waals surface area contributed by atoms with Gasteiger partial charge in [0.05, 0.1) is 6.10 Å². The lowest BCUT2D eigenvalue weighted by atomic mass is 9.88. The van der Waals surface area contributed by atoms with Crippen molar-refractivity contribution in [3.05, 3.63) is 23.8 Å². The number of benzene rings is 1. The van der Waals surface area contributed by atoms with E-state index in [0.29, 0.717) is 18.8 Å². The Bertz CT molecular complexity index is 512. The third kappa shape index (κ3) is 4.87. The molecule has 24 heavy (non-hydrogen) atoms. The zero-order chi connectivity index (χ0) is 16.8. The van der Waals surface area contributed by atoms with Gasteiger partial charge in [-0.25, -0.2) is 0 Å². The molecule has 1 aromatic rings. The zero-order valence-corrected chi connectivity index (χ0v) is 15.1. The quantitative estimate of drug-likeness (QED) is 0.691. The van der Waals surface area contributed by atoms with Gasteiger partial charge in [-0.2, -0.15) is 0 Å². The summed E-state index contributed by atoms with van der Waals surface area (Å²) in [5, 5.41) is 3.59. The van der Waals surface area contributed by atoms with E-state index >= 15 is 0 Å². The Labute approximate surface area is 145 Å². The molecule has 0 spiro atoms. The predicted octanol–water partition coefficient (Wildman–Crippen LogP) is 4.09. The minimum atomic E-state index is 0.346. The first kappa shape index (κ1) is 17.6. The number of fused-ring (bicyclic) bond motifs is 1. The summed E-state index contributed by atoms with van der Waals surface area (Å²) in [5.41, 5.74) is 1.37. The molecule has 2 heterocycles. The van der Waals surface area contributed by atoms with Crippen LogP contribution >= 0.6 is 0 Å². The molecule has 0 radical (unpaired) electrons. The zero-order valence-electron chi connectivity index (χ0n) is 15.1. The van der Waals surface area contributed by atoms with E-state index in [-0.39, 0.29) is 0 Å². The number of hydrogen-bond acceptors (Lipinski definition) is 4. The molecular formula is C20H31NO3. The highest BCUT2D eigenvalue weighted by molar-refractivity contribution is 5.45. The molecule has 2 aliphatic heterocycles. The second-order valence-electron chi connectivity index (χ2n) is 7.41. The van der Waals surface area contributed by atoms with Crippen molar-refractivity contribution in [2.45, 2.75) is 58.0 Å². The fourth-order valence-electron chi connectivity index (χ4n) is 3.52. The molecule has 0 unspecified atom stereocenters. The Balaban J connectivity index is 1.53. The van der Waals surface area contributed by atoms with Crippen molar-refractivity contribution < 1.29 is 14.2 Å².